The van der Waals surface area contributed by atoms with Crippen LogP contribution in [0.2, 0.25) is 0 Å². The molecular weight excluding hydrogens is 244 g/mol. The highest BCUT2D eigenvalue weighted by atomic mass is 35.5. The molecule has 1 N–H and O–H groups in total. The smallest absolute Gasteiger partial charge is 0.239 e. The Kier molecular flexibility index (Phi) is 3.19. The molecule has 0 spiro atoms. The van der Waals surface area contributed by atoms with Gasteiger partial charge in [0, 0.05) is 12.1 Å². The number of amides is 3. The van der Waals surface area contributed by atoms with Gasteiger partial charge in [-0.3, -0.25) is 19.3 Å². The molecule has 5 nitrogen and oxygen atoms in total. The number of carbonyl (C=O) groups is 3. The largest absolute Gasteiger partial charge is 0.358 e. The first-order valence-electron chi connectivity index (χ1n) is 5.45. The van der Waals surface area contributed by atoms with E-state index < -0.39 is 0 Å². The van der Waals surface area contributed by atoms with Crippen LogP contribution in [0.4, 0.5) is 0 Å². The molecule has 2 rings (SSSR count). The minimum atomic E-state index is -0.385. The van der Waals surface area contributed by atoms with Crippen molar-refractivity contribution < 1.29 is 14.4 Å². The molecule has 17 heavy (non-hydrogen) atoms. The fourth-order valence-corrected chi connectivity index (χ4v) is 2.53. The van der Waals surface area contributed by atoms with Gasteiger partial charge in [-0.15, -0.1) is 0 Å². The predicted octanol–water partition coefficient (Wildman–Crippen LogP) is 0.250. The van der Waals surface area contributed by atoms with Crippen molar-refractivity contribution in [1.29, 1.82) is 0 Å². The number of likely N-dealkylation sites (tertiary alicyclic amines) is 1. The van der Waals surface area contributed by atoms with E-state index in [0.717, 1.165) is 4.90 Å². The molecule has 0 saturated carbocycles. The van der Waals surface area contributed by atoms with Crippen molar-refractivity contribution in [3.63, 3.8) is 0 Å². The summed E-state index contributed by atoms with van der Waals surface area (Å²) in [6.45, 7) is -0.196. The Balaban J connectivity index is 2.16. The van der Waals surface area contributed by atoms with Crippen molar-refractivity contribution in [1.82, 2.24) is 10.2 Å². The minimum Gasteiger partial charge on any atom is -0.358 e. The van der Waals surface area contributed by atoms with Gasteiger partial charge in [0.1, 0.15) is 6.54 Å². The molecule has 0 bridgehead atoms. The van der Waals surface area contributed by atoms with Gasteiger partial charge in [-0.1, -0.05) is 17.7 Å². The highest BCUT2D eigenvalue weighted by Crippen LogP contribution is 2.38. The summed E-state index contributed by atoms with van der Waals surface area (Å²) >= 11 is 5.88. The second-order valence-corrected chi connectivity index (χ2v) is 4.73. The number of hydrogen-bond acceptors (Lipinski definition) is 3. The van der Waals surface area contributed by atoms with E-state index in [1.165, 1.54) is 7.05 Å². The number of likely N-dealkylation sites (N-methyl/N-ethyl adjacent to an activating group) is 1. The second kappa shape index (κ2) is 4.49. The van der Waals surface area contributed by atoms with Crippen LogP contribution >= 0.6 is 11.6 Å². The lowest BCUT2D eigenvalue weighted by Crippen LogP contribution is -2.39. The van der Waals surface area contributed by atoms with Crippen LogP contribution in [0.5, 0.6) is 0 Å². The maximum Gasteiger partial charge on any atom is 0.239 e. The molecule has 0 radical (unpaired) electrons. The summed E-state index contributed by atoms with van der Waals surface area (Å²) in [6.07, 6.45) is 2.66. The summed E-state index contributed by atoms with van der Waals surface area (Å²) in [6, 6.07) is 0. The zero-order valence-corrected chi connectivity index (χ0v) is 10.2. The quantitative estimate of drug-likeness (QED) is 0.721. The minimum absolute atomic E-state index is 0.196. The zero-order chi connectivity index (χ0) is 12.6. The third kappa shape index (κ3) is 2.07. The van der Waals surface area contributed by atoms with Gasteiger partial charge in [0.25, 0.3) is 0 Å². The number of hydrogen-bond donors (Lipinski definition) is 1. The Hall–Kier alpha value is -1.36. The Bertz CT molecular complexity index is 419. The third-order valence-electron chi connectivity index (χ3n) is 3.24. The fraction of sp³-hybridized carbons (Fsp3) is 0.545. The molecule has 1 fully saturated rings. The normalized spacial score (nSPS) is 27.9. The van der Waals surface area contributed by atoms with Gasteiger partial charge in [0.2, 0.25) is 17.7 Å². The Labute approximate surface area is 104 Å². The van der Waals surface area contributed by atoms with Gasteiger partial charge in [-0.2, -0.15) is 0 Å². The van der Waals surface area contributed by atoms with Crippen LogP contribution < -0.4 is 5.32 Å². The molecule has 1 aliphatic heterocycles. The summed E-state index contributed by atoms with van der Waals surface area (Å²) in [4.78, 5) is 36.2. The van der Waals surface area contributed by atoms with Gasteiger partial charge in [0.15, 0.2) is 0 Å². The highest BCUT2D eigenvalue weighted by Gasteiger charge is 2.48. The molecule has 0 aromatic carbocycles. The molecule has 0 unspecified atom stereocenters. The van der Waals surface area contributed by atoms with E-state index >= 15 is 0 Å². The molecule has 2 aliphatic rings. The standard InChI is InChI=1S/C11H13ClN2O3/c1-13-9(15)5-14-10(16)7-3-2-6(12)4-8(7)11(14)17/h2,7-8H,3-5H2,1H3,(H,13,15)/t7-,8-/m1/s1. The van der Waals surface area contributed by atoms with Crippen molar-refractivity contribution in [2.24, 2.45) is 11.8 Å². The van der Waals surface area contributed by atoms with Crippen molar-refractivity contribution in [2.75, 3.05) is 13.6 Å². The Morgan fingerprint density at radius 3 is 2.76 bits per heavy atom. The maximum absolute atomic E-state index is 12.0. The number of nitrogens with one attached hydrogen (secondary N) is 1. The number of rotatable bonds is 2. The second-order valence-electron chi connectivity index (χ2n) is 4.24. The topological polar surface area (TPSA) is 66.5 Å². The van der Waals surface area contributed by atoms with E-state index in [2.05, 4.69) is 5.32 Å². The van der Waals surface area contributed by atoms with Gasteiger partial charge in [-0.25, -0.2) is 0 Å². The first kappa shape index (κ1) is 12.1. The van der Waals surface area contributed by atoms with Gasteiger partial charge >= 0.3 is 0 Å². The molecule has 1 heterocycles. The van der Waals surface area contributed by atoms with Crippen molar-refractivity contribution in [2.45, 2.75) is 12.8 Å². The summed E-state index contributed by atoms with van der Waals surface area (Å²) in [5.74, 6) is -1.61. The molecule has 1 saturated heterocycles. The maximum atomic E-state index is 12.0. The molecular formula is C11H13ClN2O3. The number of nitrogens with zero attached hydrogens (tertiary/aromatic N) is 1. The molecule has 0 aromatic heterocycles. The van der Waals surface area contributed by atoms with E-state index in [-0.39, 0.29) is 36.1 Å². The van der Waals surface area contributed by atoms with Crippen LogP contribution in [0.15, 0.2) is 11.1 Å². The molecule has 3 amide bonds. The third-order valence-corrected chi connectivity index (χ3v) is 3.55. The van der Waals surface area contributed by atoms with E-state index in [0.29, 0.717) is 17.9 Å². The Morgan fingerprint density at radius 2 is 2.12 bits per heavy atom. The van der Waals surface area contributed by atoms with Gasteiger partial charge in [-0.05, 0) is 12.8 Å². The predicted molar refractivity (Wildman–Crippen MR) is 60.9 cm³/mol. The average Bonchev–Trinajstić information content (AvgIpc) is 2.54. The Morgan fingerprint density at radius 1 is 1.47 bits per heavy atom. The lowest BCUT2D eigenvalue weighted by atomic mass is 9.85. The fourth-order valence-electron chi connectivity index (χ4n) is 2.27. The van der Waals surface area contributed by atoms with Crippen LogP contribution in [-0.2, 0) is 14.4 Å². The summed E-state index contributed by atoms with van der Waals surface area (Å²) in [5, 5.41) is 3.02. The summed E-state index contributed by atoms with van der Waals surface area (Å²) < 4.78 is 0. The van der Waals surface area contributed by atoms with Crippen LogP contribution in [0.3, 0.4) is 0 Å². The van der Waals surface area contributed by atoms with Crippen LogP contribution in [0, 0.1) is 11.8 Å². The lowest BCUT2D eigenvalue weighted by molar-refractivity contribution is -0.143. The van der Waals surface area contributed by atoms with Crippen LogP contribution in [0.1, 0.15) is 12.8 Å². The van der Waals surface area contributed by atoms with Crippen molar-refractivity contribution in [3.05, 3.63) is 11.1 Å². The van der Waals surface area contributed by atoms with Gasteiger partial charge in [0.05, 0.1) is 11.8 Å². The molecule has 2 atom stereocenters. The lowest BCUT2D eigenvalue weighted by Gasteiger charge is -2.17. The first-order chi connectivity index (χ1) is 8.04. The molecule has 0 aromatic rings. The molecule has 1 aliphatic carbocycles. The summed E-state index contributed by atoms with van der Waals surface area (Å²) in [7, 11) is 1.47. The molecule has 6 heteroatoms. The number of imide groups is 1. The van der Waals surface area contributed by atoms with E-state index in [9.17, 15) is 14.4 Å². The average molecular weight is 257 g/mol. The number of halogens is 1. The highest BCUT2D eigenvalue weighted by molar-refractivity contribution is 6.30. The van der Waals surface area contributed by atoms with E-state index in [4.69, 9.17) is 11.6 Å². The number of fused-ring (bicyclic) bond motifs is 1. The first-order valence-corrected chi connectivity index (χ1v) is 5.82. The van der Waals surface area contributed by atoms with E-state index in [1.54, 1.807) is 6.08 Å². The monoisotopic (exact) mass is 256 g/mol. The summed E-state index contributed by atoms with van der Waals surface area (Å²) in [5.41, 5.74) is 0. The number of allylic oxidation sites excluding steroid dienone is 2. The SMILES string of the molecule is CNC(=O)CN1C(=O)[C@@H]2CC=C(Cl)C[C@H]2C1=O. The number of carbonyl (C=O) groups excluding carboxylic acids is 3. The van der Waals surface area contributed by atoms with Gasteiger partial charge < -0.3 is 5.32 Å². The van der Waals surface area contributed by atoms with Crippen molar-refractivity contribution >= 4 is 29.3 Å². The zero-order valence-electron chi connectivity index (χ0n) is 9.40. The van der Waals surface area contributed by atoms with Crippen molar-refractivity contribution in [3.8, 4) is 0 Å². The van der Waals surface area contributed by atoms with Crippen LogP contribution in [0.25, 0.3) is 0 Å². The molecule has 92 valence electrons. The van der Waals surface area contributed by atoms with Crippen LogP contribution in [-0.4, -0.2) is 36.2 Å². The van der Waals surface area contributed by atoms with E-state index in [1.807, 2.05) is 0 Å².